The zero-order chi connectivity index (χ0) is 22.5. The molecule has 0 fully saturated rings. The molecule has 2 rings (SSSR count). The van der Waals surface area contributed by atoms with Gasteiger partial charge in [-0.05, 0) is 55.7 Å². The second-order valence-corrected chi connectivity index (χ2v) is 9.59. The van der Waals surface area contributed by atoms with Gasteiger partial charge in [0.1, 0.15) is 18.4 Å². The van der Waals surface area contributed by atoms with Crippen LogP contribution in [0.4, 0.5) is 5.69 Å². The van der Waals surface area contributed by atoms with Crippen LogP contribution in [0.2, 0.25) is 10.0 Å². The highest BCUT2D eigenvalue weighted by molar-refractivity contribution is 7.92. The number of benzene rings is 2. The lowest BCUT2D eigenvalue weighted by Gasteiger charge is -2.30. The van der Waals surface area contributed by atoms with Gasteiger partial charge in [-0.3, -0.25) is 9.10 Å². The van der Waals surface area contributed by atoms with Crippen molar-refractivity contribution >= 4 is 44.8 Å². The van der Waals surface area contributed by atoms with E-state index in [1.54, 1.807) is 6.92 Å². The Morgan fingerprint density at radius 3 is 2.47 bits per heavy atom. The van der Waals surface area contributed by atoms with Crippen molar-refractivity contribution in [3.63, 3.8) is 0 Å². The summed E-state index contributed by atoms with van der Waals surface area (Å²) in [4.78, 5) is 12.8. The number of halogens is 2. The van der Waals surface area contributed by atoms with Gasteiger partial charge in [0.2, 0.25) is 15.9 Å². The fraction of sp³-hybridized carbons (Fsp3) is 0.381. The molecule has 0 aliphatic rings. The van der Waals surface area contributed by atoms with E-state index in [-0.39, 0.29) is 30.3 Å². The van der Waals surface area contributed by atoms with Gasteiger partial charge in [-0.25, -0.2) is 8.42 Å². The molecule has 0 unspecified atom stereocenters. The molecular formula is C21H26Cl2N2O4S. The Balaban J connectivity index is 2.10. The Hall–Kier alpha value is -1.96. The summed E-state index contributed by atoms with van der Waals surface area (Å²) < 4.78 is 31.7. The quantitative estimate of drug-likeness (QED) is 0.550. The first-order valence-corrected chi connectivity index (χ1v) is 12.1. The molecule has 0 heterocycles. The summed E-state index contributed by atoms with van der Waals surface area (Å²) in [6.45, 7) is 6.21. The summed E-state index contributed by atoms with van der Waals surface area (Å²) in [6.07, 6.45) is 1.33. The maximum Gasteiger partial charge on any atom is 0.244 e. The molecule has 1 atom stereocenters. The maximum atomic E-state index is 12.8. The zero-order valence-electron chi connectivity index (χ0n) is 17.4. The molecule has 1 N–H and O–H groups in total. The molecule has 0 saturated heterocycles. The van der Waals surface area contributed by atoms with Crippen molar-refractivity contribution in [1.29, 1.82) is 0 Å². The first-order chi connectivity index (χ1) is 14.1. The summed E-state index contributed by atoms with van der Waals surface area (Å²) in [6, 6.07) is 9.30. The van der Waals surface area contributed by atoms with E-state index >= 15 is 0 Å². The van der Waals surface area contributed by atoms with Gasteiger partial charge in [-0.2, -0.15) is 0 Å². The fourth-order valence-corrected chi connectivity index (χ4v) is 4.51. The third-order valence-electron chi connectivity index (χ3n) is 4.70. The number of amides is 1. The fourth-order valence-electron chi connectivity index (χ4n) is 3.02. The predicted octanol–water partition coefficient (Wildman–Crippen LogP) is 4.35. The second-order valence-electron chi connectivity index (χ2n) is 6.92. The number of rotatable bonds is 9. The van der Waals surface area contributed by atoms with Gasteiger partial charge >= 0.3 is 0 Å². The molecule has 2 aromatic carbocycles. The van der Waals surface area contributed by atoms with Crippen LogP contribution in [-0.2, 0) is 14.8 Å². The van der Waals surface area contributed by atoms with Crippen LogP contribution in [-0.4, -0.2) is 39.8 Å². The zero-order valence-corrected chi connectivity index (χ0v) is 19.7. The van der Waals surface area contributed by atoms with Crippen molar-refractivity contribution in [3.05, 3.63) is 57.6 Å². The first-order valence-electron chi connectivity index (χ1n) is 9.47. The average molecular weight is 473 g/mol. The number of carbonyl (C=O) groups excluding carboxylic acids is 1. The summed E-state index contributed by atoms with van der Waals surface area (Å²) in [5.41, 5.74) is 2.44. The van der Waals surface area contributed by atoms with Crippen LogP contribution in [0.1, 0.15) is 24.5 Å². The van der Waals surface area contributed by atoms with E-state index in [1.807, 2.05) is 32.0 Å². The number of anilines is 1. The van der Waals surface area contributed by atoms with Gasteiger partial charge in [0.25, 0.3) is 0 Å². The van der Waals surface area contributed by atoms with E-state index in [9.17, 15) is 13.2 Å². The minimum atomic E-state index is -3.75. The topological polar surface area (TPSA) is 75.7 Å². The maximum absolute atomic E-state index is 12.8. The van der Waals surface area contributed by atoms with Crippen molar-refractivity contribution in [2.75, 3.05) is 23.7 Å². The van der Waals surface area contributed by atoms with E-state index in [4.69, 9.17) is 27.9 Å². The van der Waals surface area contributed by atoms with E-state index in [0.29, 0.717) is 5.02 Å². The van der Waals surface area contributed by atoms with Gasteiger partial charge in [-0.1, -0.05) is 42.3 Å². The van der Waals surface area contributed by atoms with Crippen LogP contribution in [0.5, 0.6) is 5.75 Å². The minimum absolute atomic E-state index is 0.208. The van der Waals surface area contributed by atoms with E-state index in [1.165, 1.54) is 18.2 Å². The van der Waals surface area contributed by atoms with Gasteiger partial charge in [-0.15, -0.1) is 0 Å². The minimum Gasteiger partial charge on any atom is -0.491 e. The summed E-state index contributed by atoms with van der Waals surface area (Å²) >= 11 is 12.0. The van der Waals surface area contributed by atoms with Gasteiger partial charge < -0.3 is 10.1 Å². The highest BCUT2D eigenvalue weighted by Gasteiger charge is 2.31. The van der Waals surface area contributed by atoms with E-state index in [2.05, 4.69) is 5.32 Å². The lowest BCUT2D eigenvalue weighted by Crippen LogP contribution is -2.50. The van der Waals surface area contributed by atoms with E-state index < -0.39 is 22.0 Å². The molecule has 0 spiro atoms. The van der Waals surface area contributed by atoms with Crippen molar-refractivity contribution in [1.82, 2.24) is 5.32 Å². The predicted molar refractivity (Wildman–Crippen MR) is 122 cm³/mol. The molecule has 0 radical (unpaired) electrons. The van der Waals surface area contributed by atoms with Crippen LogP contribution in [0.15, 0.2) is 36.4 Å². The molecule has 0 aliphatic heterocycles. The number of aryl methyl sites for hydroxylation is 1. The van der Waals surface area contributed by atoms with Crippen LogP contribution >= 0.6 is 23.2 Å². The lowest BCUT2D eigenvalue weighted by molar-refractivity contribution is -0.122. The van der Waals surface area contributed by atoms with Crippen molar-refractivity contribution < 1.29 is 17.9 Å². The number of nitrogens with one attached hydrogen (secondary N) is 1. The molecular weight excluding hydrogens is 447 g/mol. The standard InChI is InChI=1S/C21H26Cl2N2O4S/c1-5-19(25(30(4,27)28)16-9-10-17(22)18(23)13-16)21(26)24-11-12-29-20-8-6-7-14(2)15(20)3/h6-10,13,19H,5,11-12H2,1-4H3,(H,24,26)/t19-/m1/s1. The summed E-state index contributed by atoms with van der Waals surface area (Å²) in [7, 11) is -3.75. The lowest BCUT2D eigenvalue weighted by atomic mass is 10.1. The average Bonchev–Trinajstić information content (AvgIpc) is 2.67. The third kappa shape index (κ3) is 6.03. The highest BCUT2D eigenvalue weighted by atomic mass is 35.5. The number of sulfonamides is 1. The molecule has 30 heavy (non-hydrogen) atoms. The number of nitrogens with zero attached hydrogens (tertiary/aromatic N) is 1. The second kappa shape index (κ2) is 10.4. The molecule has 0 saturated carbocycles. The third-order valence-corrected chi connectivity index (χ3v) is 6.62. The molecule has 0 aliphatic carbocycles. The van der Waals surface area contributed by atoms with E-state index in [0.717, 1.165) is 27.4 Å². The molecule has 0 aromatic heterocycles. The Morgan fingerprint density at radius 2 is 1.87 bits per heavy atom. The molecule has 2 aromatic rings. The monoisotopic (exact) mass is 472 g/mol. The number of ether oxygens (including phenoxy) is 1. The van der Waals surface area contributed by atoms with Crippen LogP contribution < -0.4 is 14.4 Å². The van der Waals surface area contributed by atoms with Crippen molar-refractivity contribution in [2.24, 2.45) is 0 Å². The Bertz CT molecular complexity index is 1010. The van der Waals surface area contributed by atoms with Gasteiger partial charge in [0, 0.05) is 0 Å². The Labute approximate surface area is 188 Å². The SMILES string of the molecule is CC[C@H](C(=O)NCCOc1cccc(C)c1C)N(c1ccc(Cl)c(Cl)c1)S(C)(=O)=O. The Kier molecular flexibility index (Phi) is 8.41. The molecule has 0 bridgehead atoms. The van der Waals surface area contributed by atoms with Crippen LogP contribution in [0, 0.1) is 13.8 Å². The Morgan fingerprint density at radius 1 is 1.17 bits per heavy atom. The normalized spacial score (nSPS) is 12.3. The molecule has 164 valence electrons. The van der Waals surface area contributed by atoms with Crippen molar-refractivity contribution in [2.45, 2.75) is 33.2 Å². The number of carbonyl (C=O) groups is 1. The van der Waals surface area contributed by atoms with Crippen LogP contribution in [0.25, 0.3) is 0 Å². The van der Waals surface area contributed by atoms with Gasteiger partial charge in [0.15, 0.2) is 0 Å². The van der Waals surface area contributed by atoms with Crippen molar-refractivity contribution in [3.8, 4) is 5.75 Å². The highest BCUT2D eigenvalue weighted by Crippen LogP contribution is 2.30. The largest absolute Gasteiger partial charge is 0.491 e. The summed E-state index contributed by atoms with van der Waals surface area (Å²) in [5.74, 6) is 0.337. The number of hydrogen-bond acceptors (Lipinski definition) is 4. The van der Waals surface area contributed by atoms with Gasteiger partial charge in [0.05, 0.1) is 28.5 Å². The number of hydrogen-bond donors (Lipinski definition) is 1. The smallest absolute Gasteiger partial charge is 0.244 e. The molecule has 9 heteroatoms. The molecule has 6 nitrogen and oxygen atoms in total. The summed E-state index contributed by atoms with van der Waals surface area (Å²) in [5, 5.41) is 3.27. The molecule has 1 amide bonds. The van der Waals surface area contributed by atoms with Crippen LogP contribution in [0.3, 0.4) is 0 Å². The first kappa shape index (κ1) is 24.3.